The predicted octanol–water partition coefficient (Wildman–Crippen LogP) is 3.37. The molecule has 5 rings (SSSR count). The molecule has 1 aliphatic heterocycles. The Labute approximate surface area is 213 Å². The Kier molecular flexibility index (Phi) is 6.33. The van der Waals surface area contributed by atoms with Gasteiger partial charge >= 0.3 is 0 Å². The van der Waals surface area contributed by atoms with Gasteiger partial charge in [-0.1, -0.05) is 54.1 Å². The number of rotatable bonds is 7. The number of sulfonamides is 2. The number of nitrogens with zero attached hydrogens (tertiary/aromatic N) is 1. The van der Waals surface area contributed by atoms with Crippen LogP contribution in [-0.4, -0.2) is 32.7 Å². The van der Waals surface area contributed by atoms with Gasteiger partial charge in [-0.3, -0.25) is 9.52 Å². The SMILES string of the molecule is O=C1C[C@@H](c2ccc(C[C@H](NS(=O)(=O)c3ccccc3)c3nc4ccccc4[nH]3)cc2Cl)S(=O)(=O)N1. The minimum absolute atomic E-state index is 0.114. The molecule has 12 heteroatoms. The fourth-order valence-corrected chi connectivity index (χ4v) is 7.28. The number of carbonyl (C=O) groups excluding carboxylic acids is 1. The van der Waals surface area contributed by atoms with Gasteiger partial charge in [0.2, 0.25) is 26.0 Å². The highest BCUT2D eigenvalue weighted by Crippen LogP contribution is 2.35. The Bertz CT molecular complexity index is 1640. The van der Waals surface area contributed by atoms with Gasteiger partial charge in [-0.05, 0) is 47.9 Å². The monoisotopic (exact) mass is 544 g/mol. The van der Waals surface area contributed by atoms with Crippen LogP contribution in [0.4, 0.5) is 0 Å². The van der Waals surface area contributed by atoms with Gasteiger partial charge in [-0.2, -0.15) is 0 Å². The van der Waals surface area contributed by atoms with Crippen molar-refractivity contribution >= 4 is 48.6 Å². The summed E-state index contributed by atoms with van der Waals surface area (Å²) in [7, 11) is -7.74. The molecule has 4 aromatic rings. The smallest absolute Gasteiger partial charge is 0.242 e. The van der Waals surface area contributed by atoms with Crippen molar-refractivity contribution in [3.05, 3.63) is 94.8 Å². The lowest BCUT2D eigenvalue weighted by Crippen LogP contribution is -2.31. The Balaban J connectivity index is 1.49. The number of benzene rings is 3. The average Bonchev–Trinajstić information content (AvgIpc) is 3.38. The number of halogens is 1. The third kappa shape index (κ3) is 4.87. The molecule has 1 aliphatic rings. The Hall–Kier alpha value is -3.25. The van der Waals surface area contributed by atoms with E-state index in [1.807, 2.05) is 29.0 Å². The molecule has 1 saturated heterocycles. The minimum Gasteiger partial charge on any atom is -0.341 e. The molecule has 36 heavy (non-hydrogen) atoms. The molecule has 0 saturated carbocycles. The van der Waals surface area contributed by atoms with Gasteiger partial charge in [0.25, 0.3) is 0 Å². The first-order valence-electron chi connectivity index (χ1n) is 11.0. The Morgan fingerprint density at radius 3 is 2.44 bits per heavy atom. The summed E-state index contributed by atoms with van der Waals surface area (Å²) in [6.07, 6.45) is -0.0274. The molecule has 2 atom stereocenters. The maximum absolute atomic E-state index is 13.1. The highest BCUT2D eigenvalue weighted by atomic mass is 35.5. The summed E-state index contributed by atoms with van der Waals surface area (Å²) >= 11 is 6.44. The van der Waals surface area contributed by atoms with Crippen molar-refractivity contribution in [2.45, 2.75) is 29.0 Å². The van der Waals surface area contributed by atoms with Crippen LogP contribution in [-0.2, 0) is 31.3 Å². The van der Waals surface area contributed by atoms with E-state index >= 15 is 0 Å². The van der Waals surface area contributed by atoms with Crippen LogP contribution in [0.2, 0.25) is 5.02 Å². The van der Waals surface area contributed by atoms with Crippen molar-refractivity contribution in [2.24, 2.45) is 0 Å². The second kappa shape index (κ2) is 9.32. The topological polar surface area (TPSA) is 138 Å². The van der Waals surface area contributed by atoms with Gasteiger partial charge in [-0.15, -0.1) is 0 Å². The zero-order valence-corrected chi connectivity index (χ0v) is 21.1. The lowest BCUT2D eigenvalue weighted by Gasteiger charge is -2.18. The van der Waals surface area contributed by atoms with Crippen molar-refractivity contribution in [1.82, 2.24) is 19.4 Å². The largest absolute Gasteiger partial charge is 0.341 e. The Morgan fingerprint density at radius 1 is 1.06 bits per heavy atom. The normalized spacial score (nSPS) is 18.2. The molecule has 3 aromatic carbocycles. The standard InChI is InChI=1S/C24H21ClN4O5S2/c25-18-12-15(10-11-17(18)22-14-23(30)29-36(22,33)34)13-21(24-26-19-8-4-5-9-20(19)27-24)28-35(31,32)16-6-2-1-3-7-16/h1-12,21-22,28H,13-14H2,(H,26,27)(H,29,30)/t21-,22-/m0/s1. The molecule has 1 aromatic heterocycles. The number of amides is 1. The van der Waals surface area contributed by atoms with E-state index in [1.54, 1.807) is 36.4 Å². The van der Waals surface area contributed by atoms with Gasteiger partial charge in [0.1, 0.15) is 11.1 Å². The van der Waals surface area contributed by atoms with Crippen molar-refractivity contribution in [3.8, 4) is 0 Å². The Morgan fingerprint density at radius 2 is 1.78 bits per heavy atom. The first-order chi connectivity index (χ1) is 17.1. The number of hydrogen-bond acceptors (Lipinski definition) is 6. The number of nitrogens with one attached hydrogen (secondary N) is 3. The van der Waals surface area contributed by atoms with Crippen LogP contribution in [0, 0.1) is 0 Å². The number of aromatic amines is 1. The van der Waals surface area contributed by atoms with Crippen LogP contribution in [0.15, 0.2) is 77.7 Å². The minimum atomic E-state index is -3.89. The zero-order valence-electron chi connectivity index (χ0n) is 18.7. The van der Waals surface area contributed by atoms with E-state index in [9.17, 15) is 21.6 Å². The molecule has 0 radical (unpaired) electrons. The van der Waals surface area contributed by atoms with Gasteiger partial charge in [0.15, 0.2) is 0 Å². The molecular weight excluding hydrogens is 524 g/mol. The summed E-state index contributed by atoms with van der Waals surface area (Å²) < 4.78 is 55.5. The summed E-state index contributed by atoms with van der Waals surface area (Å²) in [5.74, 6) is -0.163. The fraction of sp³-hybridized carbons (Fsp3) is 0.167. The molecular formula is C24H21ClN4O5S2. The highest BCUT2D eigenvalue weighted by molar-refractivity contribution is 7.90. The first kappa shape index (κ1) is 24.4. The van der Waals surface area contributed by atoms with E-state index < -0.39 is 37.2 Å². The van der Waals surface area contributed by atoms with Crippen LogP contribution >= 0.6 is 11.6 Å². The molecule has 3 N–H and O–H groups in total. The van der Waals surface area contributed by atoms with Gasteiger partial charge in [-0.25, -0.2) is 26.5 Å². The number of aromatic nitrogens is 2. The van der Waals surface area contributed by atoms with Crippen molar-refractivity contribution in [1.29, 1.82) is 0 Å². The molecule has 0 spiro atoms. The molecule has 0 unspecified atom stereocenters. The van der Waals surface area contributed by atoms with Crippen LogP contribution in [0.25, 0.3) is 11.0 Å². The molecule has 0 bridgehead atoms. The molecule has 186 valence electrons. The molecule has 1 amide bonds. The number of hydrogen-bond donors (Lipinski definition) is 3. The number of carbonyl (C=O) groups is 1. The summed E-state index contributed by atoms with van der Waals surface area (Å²) in [5.41, 5.74) is 2.41. The van der Waals surface area contributed by atoms with Gasteiger partial charge in [0.05, 0.1) is 28.4 Å². The van der Waals surface area contributed by atoms with Crippen LogP contribution in [0.5, 0.6) is 0 Å². The molecule has 0 aliphatic carbocycles. The van der Waals surface area contributed by atoms with Gasteiger partial charge in [0, 0.05) is 5.02 Å². The third-order valence-corrected chi connectivity index (χ3v) is 9.44. The van der Waals surface area contributed by atoms with Gasteiger partial charge < -0.3 is 4.98 Å². The summed E-state index contributed by atoms with van der Waals surface area (Å²) in [6, 6.07) is 19.4. The van der Waals surface area contributed by atoms with E-state index in [0.29, 0.717) is 22.5 Å². The van der Waals surface area contributed by atoms with E-state index in [-0.39, 0.29) is 22.8 Å². The summed E-state index contributed by atoms with van der Waals surface area (Å²) in [5, 5.41) is -0.902. The third-order valence-electron chi connectivity index (χ3n) is 5.94. The van der Waals surface area contributed by atoms with Crippen molar-refractivity contribution in [3.63, 3.8) is 0 Å². The summed E-state index contributed by atoms with van der Waals surface area (Å²) in [6.45, 7) is 0. The number of fused-ring (bicyclic) bond motifs is 1. The first-order valence-corrected chi connectivity index (χ1v) is 14.4. The summed E-state index contributed by atoms with van der Waals surface area (Å²) in [4.78, 5) is 19.5. The van der Waals surface area contributed by atoms with Crippen molar-refractivity contribution < 1.29 is 21.6 Å². The second-order valence-electron chi connectivity index (χ2n) is 8.45. The van der Waals surface area contributed by atoms with Crippen molar-refractivity contribution in [2.75, 3.05) is 0 Å². The van der Waals surface area contributed by atoms with E-state index in [4.69, 9.17) is 11.6 Å². The highest BCUT2D eigenvalue weighted by Gasteiger charge is 2.39. The quantitative estimate of drug-likeness (QED) is 0.326. The fourth-order valence-electron chi connectivity index (χ4n) is 4.21. The predicted molar refractivity (Wildman–Crippen MR) is 135 cm³/mol. The number of H-pyrrole nitrogens is 1. The average molecular weight is 545 g/mol. The van der Waals surface area contributed by atoms with Crippen LogP contribution in [0.3, 0.4) is 0 Å². The molecule has 2 heterocycles. The van der Waals surface area contributed by atoms with E-state index in [1.165, 1.54) is 12.1 Å². The molecule has 9 nitrogen and oxygen atoms in total. The van der Waals surface area contributed by atoms with E-state index in [2.05, 4.69) is 14.7 Å². The number of imidazole rings is 1. The zero-order chi connectivity index (χ0) is 25.5. The second-order valence-corrected chi connectivity index (χ2v) is 12.4. The lowest BCUT2D eigenvalue weighted by atomic mass is 10.0. The van der Waals surface area contributed by atoms with Crippen LogP contribution < -0.4 is 9.44 Å². The lowest BCUT2D eigenvalue weighted by molar-refractivity contribution is -0.118. The van der Waals surface area contributed by atoms with Crippen LogP contribution in [0.1, 0.15) is 34.7 Å². The van der Waals surface area contributed by atoms with E-state index in [0.717, 1.165) is 5.52 Å². The number of para-hydroxylation sites is 2. The molecule has 1 fully saturated rings. The maximum atomic E-state index is 13.1. The maximum Gasteiger partial charge on any atom is 0.242 e.